The van der Waals surface area contributed by atoms with Gasteiger partial charge in [0.2, 0.25) is 0 Å². The molecule has 0 spiro atoms. The van der Waals surface area contributed by atoms with Crippen molar-refractivity contribution in [2.75, 3.05) is 0 Å². The molecule has 1 heterocycles. The highest BCUT2D eigenvalue weighted by atomic mass is 16.5. The van der Waals surface area contributed by atoms with Gasteiger partial charge in [-0.15, -0.1) is 0 Å². The van der Waals surface area contributed by atoms with Gasteiger partial charge in [-0.1, -0.05) is 18.6 Å². The molecule has 1 aromatic carbocycles. The van der Waals surface area contributed by atoms with Crippen LogP contribution >= 0.6 is 0 Å². The van der Waals surface area contributed by atoms with Crippen molar-refractivity contribution >= 4 is 5.97 Å². The van der Waals surface area contributed by atoms with Crippen molar-refractivity contribution in [2.45, 2.75) is 85.2 Å². The molecule has 1 aliphatic heterocycles. The molecular weight excluding hydrogens is 340 g/mol. The summed E-state index contributed by atoms with van der Waals surface area (Å²) < 4.78 is 6.40. The molecule has 0 radical (unpaired) electrons. The summed E-state index contributed by atoms with van der Waals surface area (Å²) in [4.78, 5) is 10.9. The molecule has 0 fully saturated rings. The topological polar surface area (TPSA) is 66.8 Å². The Morgan fingerprint density at radius 1 is 1.37 bits per heavy atom. The number of aromatic hydroxyl groups is 1. The maximum atomic E-state index is 10.9. The maximum absolute atomic E-state index is 10.9. The number of ether oxygens (including phenoxy) is 1. The van der Waals surface area contributed by atoms with E-state index in [1.165, 1.54) is 5.57 Å². The number of hydrogen-bond acceptors (Lipinski definition) is 3. The lowest BCUT2D eigenvalue weighted by Gasteiger charge is -2.37. The Labute approximate surface area is 163 Å². The first-order valence-corrected chi connectivity index (χ1v) is 10.0. The van der Waals surface area contributed by atoms with Crippen molar-refractivity contribution in [1.82, 2.24) is 0 Å². The molecule has 1 aromatic rings. The largest absolute Gasteiger partial charge is 0.508 e. The van der Waals surface area contributed by atoms with Gasteiger partial charge in [0, 0.05) is 0 Å². The van der Waals surface area contributed by atoms with Gasteiger partial charge in [0.15, 0.2) is 0 Å². The molecule has 4 nitrogen and oxygen atoms in total. The Balaban J connectivity index is 1.89. The van der Waals surface area contributed by atoms with Gasteiger partial charge in [-0.2, -0.15) is 0 Å². The molecule has 0 aromatic heterocycles. The van der Waals surface area contributed by atoms with E-state index in [1.807, 2.05) is 19.9 Å². The summed E-state index contributed by atoms with van der Waals surface area (Å²) in [5, 5.41) is 19.0. The average molecular weight is 375 g/mol. The minimum atomic E-state index is -0.710. The van der Waals surface area contributed by atoms with Gasteiger partial charge in [-0.3, -0.25) is 4.79 Å². The molecule has 0 saturated carbocycles. The van der Waals surface area contributed by atoms with Crippen LogP contribution < -0.4 is 4.74 Å². The molecule has 0 aliphatic carbocycles. The highest BCUT2D eigenvalue weighted by Gasteiger charge is 2.32. The first-order chi connectivity index (χ1) is 12.6. The summed E-state index contributed by atoms with van der Waals surface area (Å²) in [5.41, 5.74) is 4.17. The highest BCUT2D eigenvalue weighted by molar-refractivity contribution is 5.69. The summed E-state index contributed by atoms with van der Waals surface area (Å²) in [7, 11) is 0. The van der Waals surface area contributed by atoms with E-state index in [-0.39, 0.29) is 11.5 Å². The number of benzene rings is 1. The SMILES string of the molecule is C/C(=C\CCC1(C)CCc2cc(O)c(C)c(C)c2O1)CCCC(C)C(=O)O. The van der Waals surface area contributed by atoms with Crippen LogP contribution in [0.15, 0.2) is 17.7 Å². The zero-order valence-corrected chi connectivity index (χ0v) is 17.4. The van der Waals surface area contributed by atoms with Crippen molar-refractivity contribution in [3.8, 4) is 11.5 Å². The number of phenolic OH excluding ortho intramolecular Hbond substituents is 1. The van der Waals surface area contributed by atoms with Gasteiger partial charge in [0.25, 0.3) is 0 Å². The number of carboxylic acid groups (broad SMARTS) is 1. The third-order valence-electron chi connectivity index (χ3n) is 5.96. The minimum absolute atomic E-state index is 0.185. The van der Waals surface area contributed by atoms with Gasteiger partial charge < -0.3 is 14.9 Å². The number of aryl methyl sites for hydroxylation is 1. The van der Waals surface area contributed by atoms with Crippen LogP contribution in [0.25, 0.3) is 0 Å². The number of aliphatic carboxylic acids is 1. The first kappa shape index (κ1) is 21.3. The lowest BCUT2D eigenvalue weighted by molar-refractivity contribution is -0.141. The molecule has 0 bridgehead atoms. The van der Waals surface area contributed by atoms with Crippen LogP contribution in [-0.2, 0) is 11.2 Å². The van der Waals surface area contributed by atoms with Crippen LogP contribution in [0.3, 0.4) is 0 Å². The van der Waals surface area contributed by atoms with Crippen LogP contribution in [0.4, 0.5) is 0 Å². The summed E-state index contributed by atoms with van der Waals surface area (Å²) in [6.07, 6.45) is 8.65. The van der Waals surface area contributed by atoms with Crippen LogP contribution in [0.1, 0.15) is 76.0 Å². The number of carbonyl (C=O) groups is 1. The van der Waals surface area contributed by atoms with Crippen molar-refractivity contribution < 1.29 is 19.7 Å². The Morgan fingerprint density at radius 3 is 2.74 bits per heavy atom. The molecule has 27 heavy (non-hydrogen) atoms. The van der Waals surface area contributed by atoms with Crippen LogP contribution in [0, 0.1) is 19.8 Å². The summed E-state index contributed by atoms with van der Waals surface area (Å²) in [6, 6.07) is 1.85. The molecule has 2 atom stereocenters. The fourth-order valence-corrected chi connectivity index (χ4v) is 3.68. The van der Waals surface area contributed by atoms with E-state index in [4.69, 9.17) is 9.84 Å². The van der Waals surface area contributed by atoms with E-state index in [2.05, 4.69) is 19.9 Å². The third kappa shape index (κ3) is 5.50. The van der Waals surface area contributed by atoms with E-state index >= 15 is 0 Å². The van der Waals surface area contributed by atoms with Crippen molar-refractivity contribution in [1.29, 1.82) is 0 Å². The van der Waals surface area contributed by atoms with E-state index in [1.54, 1.807) is 6.92 Å². The maximum Gasteiger partial charge on any atom is 0.306 e. The monoisotopic (exact) mass is 374 g/mol. The molecule has 2 N–H and O–H groups in total. The molecular formula is C23H34O4. The fourth-order valence-electron chi connectivity index (χ4n) is 3.68. The summed E-state index contributed by atoms with van der Waals surface area (Å²) in [6.45, 7) is 10.0. The summed E-state index contributed by atoms with van der Waals surface area (Å²) >= 11 is 0. The molecule has 0 saturated heterocycles. The molecule has 2 rings (SSSR count). The Morgan fingerprint density at radius 2 is 2.07 bits per heavy atom. The zero-order chi connectivity index (χ0) is 20.2. The third-order valence-corrected chi connectivity index (χ3v) is 5.96. The number of carboxylic acids is 1. The smallest absolute Gasteiger partial charge is 0.306 e. The number of hydrogen-bond donors (Lipinski definition) is 2. The second kappa shape index (κ2) is 8.81. The van der Waals surface area contributed by atoms with Crippen LogP contribution in [0.2, 0.25) is 0 Å². The second-order valence-corrected chi connectivity index (χ2v) is 8.41. The van der Waals surface area contributed by atoms with Gasteiger partial charge in [0.05, 0.1) is 5.92 Å². The summed E-state index contributed by atoms with van der Waals surface area (Å²) in [5.74, 6) is 0.327. The van der Waals surface area contributed by atoms with E-state index in [9.17, 15) is 9.90 Å². The van der Waals surface area contributed by atoms with Crippen LogP contribution in [-0.4, -0.2) is 21.8 Å². The van der Waals surface area contributed by atoms with Crippen molar-refractivity contribution in [3.05, 3.63) is 34.4 Å². The van der Waals surface area contributed by atoms with Crippen molar-refractivity contribution in [2.24, 2.45) is 5.92 Å². The quantitative estimate of drug-likeness (QED) is 0.572. The predicted octanol–water partition coefficient (Wildman–Crippen LogP) is 5.71. The first-order valence-electron chi connectivity index (χ1n) is 10.0. The fraction of sp³-hybridized carbons (Fsp3) is 0.609. The van der Waals surface area contributed by atoms with E-state index < -0.39 is 5.97 Å². The standard InChI is InChI=1S/C23H34O4/c1-15(8-6-10-16(2)22(25)26)9-7-12-23(5)13-11-19-14-20(24)17(3)18(4)21(19)27-23/h9,14,16,24H,6-8,10-13H2,1-5H3,(H,25,26)/b15-9+. The normalized spacial score (nSPS) is 20.7. The molecule has 2 unspecified atom stereocenters. The minimum Gasteiger partial charge on any atom is -0.508 e. The Hall–Kier alpha value is -1.97. The van der Waals surface area contributed by atoms with Gasteiger partial charge in [0.1, 0.15) is 17.1 Å². The van der Waals surface area contributed by atoms with E-state index in [0.717, 1.165) is 67.4 Å². The Kier molecular flexibility index (Phi) is 6.96. The predicted molar refractivity (Wildman–Crippen MR) is 109 cm³/mol. The zero-order valence-electron chi connectivity index (χ0n) is 17.4. The van der Waals surface area contributed by atoms with Crippen molar-refractivity contribution in [3.63, 3.8) is 0 Å². The lowest BCUT2D eigenvalue weighted by atomic mass is 9.86. The highest BCUT2D eigenvalue weighted by Crippen LogP contribution is 2.41. The lowest BCUT2D eigenvalue weighted by Crippen LogP contribution is -2.36. The molecule has 1 aliphatic rings. The number of allylic oxidation sites excluding steroid dienone is 2. The second-order valence-electron chi connectivity index (χ2n) is 8.41. The Bertz CT molecular complexity index is 720. The number of rotatable bonds is 8. The number of phenols is 1. The van der Waals surface area contributed by atoms with Gasteiger partial charge in [-0.25, -0.2) is 0 Å². The van der Waals surface area contributed by atoms with Gasteiger partial charge in [-0.05, 0) is 95.4 Å². The molecule has 4 heteroatoms. The van der Waals surface area contributed by atoms with E-state index in [0.29, 0.717) is 5.75 Å². The number of fused-ring (bicyclic) bond motifs is 1. The van der Waals surface area contributed by atoms with Gasteiger partial charge >= 0.3 is 5.97 Å². The average Bonchev–Trinajstić information content (AvgIpc) is 2.60. The molecule has 150 valence electrons. The molecule has 0 amide bonds. The van der Waals surface area contributed by atoms with Crippen LogP contribution in [0.5, 0.6) is 11.5 Å².